The molecule has 1 aliphatic carbocycles. The Hall–Kier alpha value is -1.91. The van der Waals surface area contributed by atoms with Crippen molar-refractivity contribution in [2.45, 2.75) is 31.7 Å². The van der Waals surface area contributed by atoms with Gasteiger partial charge in [0.25, 0.3) is 0 Å². The molecular weight excluding hydrogens is 263 g/mol. The summed E-state index contributed by atoms with van der Waals surface area (Å²) in [7, 11) is 0. The van der Waals surface area contributed by atoms with Crippen molar-refractivity contribution in [1.29, 1.82) is 0 Å². The van der Waals surface area contributed by atoms with Gasteiger partial charge in [0.1, 0.15) is 12.5 Å². The van der Waals surface area contributed by atoms with Crippen LogP contribution in [0.2, 0.25) is 0 Å². The van der Waals surface area contributed by atoms with Crippen LogP contribution >= 0.6 is 0 Å². The van der Waals surface area contributed by atoms with E-state index in [2.05, 4.69) is 0 Å². The number of fused-ring (bicyclic) bond motifs is 3. The van der Waals surface area contributed by atoms with Crippen molar-refractivity contribution < 1.29 is 18.7 Å². The van der Waals surface area contributed by atoms with Crippen LogP contribution in [0.3, 0.4) is 0 Å². The Balaban J connectivity index is 2.31. The number of nitrogens with zero attached hydrogens (tertiary/aromatic N) is 1. The quantitative estimate of drug-likeness (QED) is 0.936. The Morgan fingerprint density at radius 3 is 2.95 bits per heavy atom. The number of carboxylic acid groups (broad SMARTS) is 1. The highest BCUT2D eigenvalue weighted by Gasteiger charge is 2.31. The summed E-state index contributed by atoms with van der Waals surface area (Å²) in [6.45, 7) is -0.411. The number of alkyl halides is 1. The van der Waals surface area contributed by atoms with E-state index in [-0.39, 0.29) is 12.4 Å². The van der Waals surface area contributed by atoms with E-state index in [1.165, 1.54) is 12.1 Å². The van der Waals surface area contributed by atoms with E-state index >= 15 is 0 Å². The molecule has 0 saturated heterocycles. The molecule has 0 bridgehead atoms. The van der Waals surface area contributed by atoms with Crippen LogP contribution in [0.1, 0.15) is 30.0 Å². The van der Waals surface area contributed by atoms with Gasteiger partial charge in [-0.05, 0) is 43.0 Å². The van der Waals surface area contributed by atoms with Crippen molar-refractivity contribution in [2.75, 3.05) is 6.67 Å². The van der Waals surface area contributed by atoms with Crippen LogP contribution in [0.25, 0.3) is 10.9 Å². The summed E-state index contributed by atoms with van der Waals surface area (Å²) < 4.78 is 28.0. The van der Waals surface area contributed by atoms with Crippen molar-refractivity contribution in [3.05, 3.63) is 35.3 Å². The topological polar surface area (TPSA) is 42.2 Å². The number of hydrogen-bond donors (Lipinski definition) is 1. The monoisotopic (exact) mass is 278 g/mol. The molecule has 1 atom stereocenters. The molecule has 1 aliphatic rings. The van der Waals surface area contributed by atoms with E-state index in [9.17, 15) is 18.7 Å². The van der Waals surface area contributed by atoms with E-state index in [1.54, 1.807) is 10.6 Å². The Morgan fingerprint density at radius 2 is 2.25 bits per heavy atom. The molecular formula is C15H15F2NO2. The summed E-state index contributed by atoms with van der Waals surface area (Å²) in [5.41, 5.74) is 2.19. The highest BCUT2D eigenvalue weighted by atomic mass is 19.1. The van der Waals surface area contributed by atoms with Gasteiger partial charge >= 0.3 is 5.97 Å². The Bertz CT molecular complexity index is 678. The number of halogens is 2. The number of carbonyl (C=O) groups is 1. The van der Waals surface area contributed by atoms with Crippen molar-refractivity contribution in [1.82, 2.24) is 4.57 Å². The molecule has 1 aromatic carbocycles. The first-order valence-electron chi connectivity index (χ1n) is 6.72. The minimum Gasteiger partial charge on any atom is -0.481 e. The predicted molar refractivity (Wildman–Crippen MR) is 71.2 cm³/mol. The number of benzene rings is 1. The average molecular weight is 278 g/mol. The fourth-order valence-corrected chi connectivity index (χ4v) is 3.27. The van der Waals surface area contributed by atoms with E-state index in [0.29, 0.717) is 11.9 Å². The second kappa shape index (κ2) is 4.89. The number of aliphatic carboxylic acids is 1. The van der Waals surface area contributed by atoms with Crippen LogP contribution in [-0.4, -0.2) is 22.3 Å². The lowest BCUT2D eigenvalue weighted by Crippen LogP contribution is -2.19. The van der Waals surface area contributed by atoms with Gasteiger partial charge in [-0.3, -0.25) is 4.79 Å². The standard InChI is InChI=1S/C15H15F2NO2/c16-6-7-18-12-3-1-2-11(15(19)20)14(12)10-5-4-9(17)8-13(10)18/h4-5,8,11H,1-3,6-7H2,(H,19,20)/i16-1. The lowest BCUT2D eigenvalue weighted by molar-refractivity contribution is -0.139. The molecule has 3 nitrogen and oxygen atoms in total. The van der Waals surface area contributed by atoms with Crippen LogP contribution in [0, 0.1) is 5.82 Å². The van der Waals surface area contributed by atoms with E-state index in [0.717, 1.165) is 29.5 Å². The van der Waals surface area contributed by atoms with E-state index in [4.69, 9.17) is 0 Å². The van der Waals surface area contributed by atoms with Crippen LogP contribution in [0.15, 0.2) is 18.2 Å². The largest absolute Gasteiger partial charge is 0.481 e. The molecule has 0 saturated carbocycles. The summed E-state index contributed by atoms with van der Waals surface area (Å²) in [5, 5.41) is 10.1. The molecule has 0 spiro atoms. The average Bonchev–Trinajstić information content (AvgIpc) is 2.73. The van der Waals surface area contributed by atoms with Gasteiger partial charge in [0, 0.05) is 11.1 Å². The van der Waals surface area contributed by atoms with Gasteiger partial charge in [-0.15, -0.1) is 0 Å². The van der Waals surface area contributed by atoms with Crippen molar-refractivity contribution in [3.8, 4) is 0 Å². The van der Waals surface area contributed by atoms with Crippen molar-refractivity contribution >= 4 is 16.9 Å². The first-order chi connectivity index (χ1) is 9.63. The number of aromatic nitrogens is 1. The second-order valence-electron chi connectivity index (χ2n) is 5.15. The lowest BCUT2D eigenvalue weighted by Gasteiger charge is -2.21. The summed E-state index contributed by atoms with van der Waals surface area (Å²) in [6, 6.07) is 4.30. The first-order valence-corrected chi connectivity index (χ1v) is 6.72. The molecule has 3 rings (SSSR count). The summed E-state index contributed by atoms with van der Waals surface area (Å²) in [4.78, 5) is 11.4. The molecule has 1 unspecified atom stereocenters. The number of hydrogen-bond acceptors (Lipinski definition) is 1. The molecule has 1 aromatic heterocycles. The molecule has 0 aliphatic heterocycles. The maximum atomic E-state index is 13.5. The molecule has 1 N–H and O–H groups in total. The summed E-state index contributed by atoms with van der Waals surface area (Å²) >= 11 is 0. The lowest BCUT2D eigenvalue weighted by atomic mass is 9.85. The SMILES string of the molecule is O=C(O)C1CCCc2c1c1ccc(F)cc1n2CC[18F]. The number of aryl methyl sites for hydroxylation is 1. The zero-order valence-corrected chi connectivity index (χ0v) is 10.9. The predicted octanol–water partition coefficient (Wildman–Crippen LogP) is 3.25. The summed E-state index contributed by atoms with van der Waals surface area (Å²) in [6.07, 6.45) is 2.05. The zero-order chi connectivity index (χ0) is 14.3. The molecule has 20 heavy (non-hydrogen) atoms. The molecule has 2 aromatic rings. The molecule has 0 amide bonds. The van der Waals surface area contributed by atoms with Crippen molar-refractivity contribution in [3.63, 3.8) is 0 Å². The Labute approximate surface area is 114 Å². The van der Waals surface area contributed by atoms with Crippen molar-refractivity contribution in [2.24, 2.45) is 0 Å². The number of rotatable bonds is 3. The van der Waals surface area contributed by atoms with Gasteiger partial charge in [-0.1, -0.05) is 0 Å². The van der Waals surface area contributed by atoms with Gasteiger partial charge in [-0.25, -0.2) is 8.78 Å². The highest BCUT2D eigenvalue weighted by Crippen LogP contribution is 2.39. The highest BCUT2D eigenvalue weighted by molar-refractivity contribution is 5.91. The number of carboxylic acids is 1. The van der Waals surface area contributed by atoms with Crippen LogP contribution in [0.4, 0.5) is 8.78 Å². The molecule has 106 valence electrons. The van der Waals surface area contributed by atoms with Gasteiger partial charge < -0.3 is 9.67 Å². The normalized spacial score (nSPS) is 18.2. The summed E-state index contributed by atoms with van der Waals surface area (Å²) in [5.74, 6) is -1.83. The van der Waals surface area contributed by atoms with Gasteiger partial charge in [0.05, 0.1) is 18.0 Å². The van der Waals surface area contributed by atoms with E-state index in [1.807, 2.05) is 0 Å². The first kappa shape index (κ1) is 13.1. The zero-order valence-electron chi connectivity index (χ0n) is 10.9. The Kier molecular flexibility index (Phi) is 3.20. The molecule has 5 heteroatoms. The third kappa shape index (κ3) is 1.88. The smallest absolute Gasteiger partial charge is 0.311 e. The molecule has 0 radical (unpaired) electrons. The second-order valence-corrected chi connectivity index (χ2v) is 5.15. The Morgan fingerprint density at radius 1 is 1.45 bits per heavy atom. The van der Waals surface area contributed by atoms with E-state index < -0.39 is 18.6 Å². The minimum absolute atomic E-state index is 0.141. The van der Waals surface area contributed by atoms with Crippen LogP contribution in [-0.2, 0) is 17.8 Å². The maximum absolute atomic E-state index is 13.5. The minimum atomic E-state index is -0.866. The third-order valence-electron chi connectivity index (χ3n) is 4.04. The molecule has 1 heterocycles. The van der Waals surface area contributed by atoms with Gasteiger partial charge in [0.2, 0.25) is 0 Å². The van der Waals surface area contributed by atoms with Crippen LogP contribution < -0.4 is 0 Å². The maximum Gasteiger partial charge on any atom is 0.311 e. The molecule has 0 fully saturated rings. The van der Waals surface area contributed by atoms with Crippen LogP contribution in [0.5, 0.6) is 0 Å². The van der Waals surface area contributed by atoms with Gasteiger partial charge in [-0.2, -0.15) is 0 Å². The van der Waals surface area contributed by atoms with Gasteiger partial charge in [0.15, 0.2) is 0 Å². The fraction of sp³-hybridized carbons (Fsp3) is 0.400. The fourth-order valence-electron chi connectivity index (χ4n) is 3.27. The third-order valence-corrected chi connectivity index (χ3v) is 4.04.